The highest BCUT2D eigenvalue weighted by Gasteiger charge is 2.26. The van der Waals surface area contributed by atoms with Gasteiger partial charge < -0.3 is 4.90 Å². The van der Waals surface area contributed by atoms with Gasteiger partial charge in [-0.05, 0) is 18.4 Å². The van der Waals surface area contributed by atoms with Gasteiger partial charge in [-0.15, -0.1) is 0 Å². The molecule has 1 aliphatic heterocycles. The fourth-order valence-corrected chi connectivity index (χ4v) is 4.64. The summed E-state index contributed by atoms with van der Waals surface area (Å²) in [7, 11) is -2.20. The van der Waals surface area contributed by atoms with E-state index in [0.29, 0.717) is 35.4 Å². The van der Waals surface area contributed by atoms with E-state index in [1.54, 1.807) is 24.9 Å². The van der Waals surface area contributed by atoms with E-state index in [4.69, 9.17) is 0 Å². The Morgan fingerprint density at radius 1 is 1.20 bits per heavy atom. The number of piperidine rings is 1. The van der Waals surface area contributed by atoms with E-state index in [0.717, 1.165) is 13.0 Å². The minimum Gasteiger partial charge on any atom is -0.354 e. The van der Waals surface area contributed by atoms with Gasteiger partial charge in [-0.2, -0.15) is 0 Å². The van der Waals surface area contributed by atoms with Gasteiger partial charge in [0.05, 0.1) is 18.4 Å². The molecule has 0 aliphatic carbocycles. The molecule has 0 N–H and O–H groups in total. The molecule has 0 saturated carbocycles. The first kappa shape index (κ1) is 20.6. The van der Waals surface area contributed by atoms with Crippen molar-refractivity contribution in [2.24, 2.45) is 10.3 Å². The molecule has 0 amide bonds. The van der Waals surface area contributed by atoms with Crippen molar-refractivity contribution in [3.63, 3.8) is 0 Å². The topological polar surface area (TPSA) is 88.6 Å². The fourth-order valence-electron chi connectivity index (χ4n) is 3.77. The standard InChI is InChI=1S/C19H23F2N7OS/c1-12-6-13(26-30(2,3)29)10-27(9-12)16-4-5-22-19(25-16)15-7-24-17-8-23-14(18(20)21)11-28(15)17/h4-5,7-8,11-13,18H,6,9-10H2,1-3H3/t12-,13+/m1/s1. The molecule has 0 bridgehead atoms. The lowest BCUT2D eigenvalue weighted by Crippen LogP contribution is -2.42. The predicted molar refractivity (Wildman–Crippen MR) is 111 cm³/mol. The quantitative estimate of drug-likeness (QED) is 0.626. The lowest BCUT2D eigenvalue weighted by molar-refractivity contribution is 0.145. The van der Waals surface area contributed by atoms with Crippen LogP contribution in [0.4, 0.5) is 14.6 Å². The summed E-state index contributed by atoms with van der Waals surface area (Å²) in [6, 6.07) is 1.77. The Hall–Kier alpha value is -2.69. The molecule has 3 aromatic rings. The van der Waals surface area contributed by atoms with Crippen LogP contribution in [-0.2, 0) is 9.73 Å². The Bertz CT molecular complexity index is 1180. The zero-order valence-electron chi connectivity index (χ0n) is 16.9. The van der Waals surface area contributed by atoms with Crippen LogP contribution < -0.4 is 4.90 Å². The Morgan fingerprint density at radius 3 is 2.73 bits per heavy atom. The number of hydrogen-bond acceptors (Lipinski definition) is 7. The third kappa shape index (κ3) is 4.40. The minimum atomic E-state index is -2.68. The van der Waals surface area contributed by atoms with Crippen molar-refractivity contribution < 1.29 is 13.0 Å². The first-order chi connectivity index (χ1) is 14.2. The molecule has 0 aromatic carbocycles. The van der Waals surface area contributed by atoms with Crippen LogP contribution in [0.15, 0.2) is 35.2 Å². The minimum absolute atomic E-state index is 0.0369. The second-order valence-electron chi connectivity index (χ2n) is 7.91. The van der Waals surface area contributed by atoms with Crippen molar-refractivity contribution in [2.45, 2.75) is 25.8 Å². The van der Waals surface area contributed by atoms with E-state index in [2.05, 4.69) is 36.1 Å². The van der Waals surface area contributed by atoms with Gasteiger partial charge in [0.1, 0.15) is 17.2 Å². The molecular weight excluding hydrogens is 412 g/mol. The molecule has 4 rings (SSSR count). The Morgan fingerprint density at radius 2 is 2.00 bits per heavy atom. The Balaban J connectivity index is 1.69. The predicted octanol–water partition coefficient (Wildman–Crippen LogP) is 3.07. The van der Waals surface area contributed by atoms with E-state index in [1.165, 1.54) is 16.8 Å². The van der Waals surface area contributed by atoms with Crippen LogP contribution in [0.1, 0.15) is 25.5 Å². The first-order valence-electron chi connectivity index (χ1n) is 9.55. The number of nitrogens with zero attached hydrogens (tertiary/aromatic N) is 7. The summed E-state index contributed by atoms with van der Waals surface area (Å²) in [4.78, 5) is 19.0. The second-order valence-corrected chi connectivity index (χ2v) is 10.5. The van der Waals surface area contributed by atoms with Crippen LogP contribution in [0, 0.1) is 5.92 Å². The Kier molecular flexibility index (Phi) is 5.39. The number of aromatic nitrogens is 5. The summed E-state index contributed by atoms with van der Waals surface area (Å²) >= 11 is 0. The SMILES string of the molecule is C[C@@H]1C[C@H](N=S(C)(C)=O)CN(c2ccnc(-c3cnc4cnc(C(F)F)cn34)n2)C1. The number of fused-ring (bicyclic) bond motifs is 1. The van der Waals surface area contributed by atoms with Crippen molar-refractivity contribution in [3.8, 4) is 11.5 Å². The number of imidazole rings is 1. The number of rotatable bonds is 4. The van der Waals surface area contributed by atoms with E-state index < -0.39 is 16.2 Å². The molecule has 30 heavy (non-hydrogen) atoms. The van der Waals surface area contributed by atoms with Gasteiger partial charge in [0.25, 0.3) is 6.43 Å². The van der Waals surface area contributed by atoms with Crippen molar-refractivity contribution in [2.75, 3.05) is 30.5 Å². The van der Waals surface area contributed by atoms with Crippen molar-refractivity contribution >= 4 is 21.2 Å². The summed E-state index contributed by atoms with van der Waals surface area (Å²) in [5, 5.41) is 0. The summed E-state index contributed by atoms with van der Waals surface area (Å²) in [5.41, 5.74) is 0.608. The van der Waals surface area contributed by atoms with E-state index >= 15 is 0 Å². The highest BCUT2D eigenvalue weighted by atomic mass is 32.2. The maximum absolute atomic E-state index is 13.1. The molecule has 160 valence electrons. The number of anilines is 1. The molecule has 4 heterocycles. The summed E-state index contributed by atoms with van der Waals surface area (Å²) in [6.45, 7) is 3.54. The lowest BCUT2D eigenvalue weighted by atomic mass is 9.97. The zero-order valence-corrected chi connectivity index (χ0v) is 17.8. The molecule has 1 aliphatic rings. The number of hydrogen-bond donors (Lipinski definition) is 0. The maximum atomic E-state index is 13.1. The van der Waals surface area contributed by atoms with Gasteiger partial charge in [-0.25, -0.2) is 33.1 Å². The third-order valence-corrected chi connectivity index (χ3v) is 5.68. The van der Waals surface area contributed by atoms with Gasteiger partial charge >= 0.3 is 0 Å². The fraction of sp³-hybridized carbons (Fsp3) is 0.474. The van der Waals surface area contributed by atoms with E-state index in [1.807, 2.05) is 6.07 Å². The lowest BCUT2D eigenvalue weighted by Gasteiger charge is -2.35. The highest BCUT2D eigenvalue weighted by Crippen LogP contribution is 2.26. The van der Waals surface area contributed by atoms with Crippen molar-refractivity contribution in [1.82, 2.24) is 24.3 Å². The number of alkyl halides is 2. The molecule has 1 fully saturated rings. The monoisotopic (exact) mass is 435 g/mol. The van der Waals surface area contributed by atoms with E-state index in [-0.39, 0.29) is 11.7 Å². The highest BCUT2D eigenvalue weighted by molar-refractivity contribution is 7.92. The third-order valence-electron chi connectivity index (χ3n) is 4.87. The molecule has 2 atom stereocenters. The molecule has 8 nitrogen and oxygen atoms in total. The summed E-state index contributed by atoms with van der Waals surface area (Å²) < 4.78 is 44.3. The molecule has 0 spiro atoms. The molecule has 0 unspecified atom stereocenters. The van der Waals surface area contributed by atoms with Gasteiger partial charge in [0.2, 0.25) is 0 Å². The summed E-state index contributed by atoms with van der Waals surface area (Å²) in [5.74, 6) is 1.46. The second kappa shape index (κ2) is 7.86. The van der Waals surface area contributed by atoms with Crippen LogP contribution in [0.25, 0.3) is 17.2 Å². The van der Waals surface area contributed by atoms with Crippen molar-refractivity contribution in [3.05, 3.63) is 36.5 Å². The van der Waals surface area contributed by atoms with Gasteiger partial charge in [0, 0.05) is 47.7 Å². The van der Waals surface area contributed by atoms with Gasteiger partial charge in [0.15, 0.2) is 11.5 Å². The smallest absolute Gasteiger partial charge is 0.281 e. The van der Waals surface area contributed by atoms with Gasteiger partial charge in [-0.1, -0.05) is 6.92 Å². The summed E-state index contributed by atoms with van der Waals surface area (Å²) in [6.07, 6.45) is 7.24. The van der Waals surface area contributed by atoms with Crippen LogP contribution in [0.5, 0.6) is 0 Å². The maximum Gasteiger partial charge on any atom is 0.281 e. The zero-order chi connectivity index (χ0) is 21.5. The van der Waals surface area contributed by atoms with Crippen molar-refractivity contribution in [1.29, 1.82) is 0 Å². The molecule has 3 aromatic heterocycles. The average molecular weight is 436 g/mol. The molecule has 0 radical (unpaired) electrons. The normalized spacial score (nSPS) is 20.1. The van der Waals surface area contributed by atoms with E-state index in [9.17, 15) is 13.0 Å². The largest absolute Gasteiger partial charge is 0.354 e. The average Bonchev–Trinajstić information content (AvgIpc) is 3.09. The first-order valence-corrected chi connectivity index (χ1v) is 11.9. The Labute approximate surface area is 173 Å². The van der Waals surface area contributed by atoms with Crippen LogP contribution in [-0.4, -0.2) is 60.2 Å². The van der Waals surface area contributed by atoms with Gasteiger partial charge in [-0.3, -0.25) is 8.61 Å². The number of halogens is 2. The molecule has 11 heteroatoms. The van der Waals surface area contributed by atoms with Crippen LogP contribution in [0.3, 0.4) is 0 Å². The molecular formula is C19H23F2N7OS. The van der Waals surface area contributed by atoms with Crippen LogP contribution >= 0.6 is 0 Å². The van der Waals surface area contributed by atoms with Crippen LogP contribution in [0.2, 0.25) is 0 Å². The molecule has 1 saturated heterocycles.